The Morgan fingerprint density at radius 3 is 2.81 bits per heavy atom. The smallest absolute Gasteiger partial charge is 0.257 e. The summed E-state index contributed by atoms with van der Waals surface area (Å²) < 4.78 is 7.38. The highest BCUT2D eigenvalue weighted by Gasteiger charge is 2.24. The topological polar surface area (TPSA) is 89.0 Å². The monoisotopic (exact) mass is 436 g/mol. The van der Waals surface area contributed by atoms with Gasteiger partial charge in [0.25, 0.3) is 5.91 Å². The van der Waals surface area contributed by atoms with E-state index in [4.69, 9.17) is 4.74 Å². The maximum absolute atomic E-state index is 13.2. The van der Waals surface area contributed by atoms with Crippen molar-refractivity contribution in [3.8, 4) is 0 Å². The van der Waals surface area contributed by atoms with Crippen LogP contribution in [0.2, 0.25) is 0 Å². The number of rotatable bonds is 9. The first-order valence-corrected chi connectivity index (χ1v) is 11.5. The van der Waals surface area contributed by atoms with Crippen molar-refractivity contribution in [3.05, 3.63) is 63.3 Å². The summed E-state index contributed by atoms with van der Waals surface area (Å²) in [5, 5.41) is 2.96. The minimum Gasteiger partial charge on any atom is -0.383 e. The number of imidazole rings is 1. The number of methoxy groups -OCH3 is 1. The molecule has 7 heteroatoms. The Kier molecular flexibility index (Phi) is 7.05. The second kappa shape index (κ2) is 10.1. The summed E-state index contributed by atoms with van der Waals surface area (Å²) in [7, 11) is 1.67. The Morgan fingerprint density at radius 1 is 1.28 bits per heavy atom. The average molecular weight is 437 g/mol. The molecule has 170 valence electrons. The first-order chi connectivity index (χ1) is 15.6. The number of nitrogens with zero attached hydrogens (tertiary/aromatic N) is 2. The van der Waals surface area contributed by atoms with Gasteiger partial charge in [0.05, 0.1) is 17.6 Å². The molecular formula is C25H32N4O3. The fourth-order valence-electron chi connectivity index (χ4n) is 4.77. The van der Waals surface area contributed by atoms with Crippen molar-refractivity contribution in [1.29, 1.82) is 0 Å². The molecule has 2 aromatic heterocycles. The van der Waals surface area contributed by atoms with Crippen LogP contribution in [0.4, 0.5) is 0 Å². The van der Waals surface area contributed by atoms with Crippen molar-refractivity contribution in [2.24, 2.45) is 5.92 Å². The Bertz CT molecular complexity index is 1110. The molecule has 32 heavy (non-hydrogen) atoms. The molecule has 1 fully saturated rings. The molecule has 0 saturated heterocycles. The molecule has 1 aliphatic rings. The zero-order valence-corrected chi connectivity index (χ0v) is 18.9. The number of hydrogen-bond donors (Lipinski definition) is 2. The number of carbonyl (C=O) groups is 1. The molecule has 1 amide bonds. The number of nitrogens with one attached hydrogen (secondary N) is 2. The van der Waals surface area contributed by atoms with E-state index < -0.39 is 0 Å². The van der Waals surface area contributed by atoms with E-state index in [1.807, 2.05) is 31.2 Å². The summed E-state index contributed by atoms with van der Waals surface area (Å²) in [6.45, 7) is 3.50. The summed E-state index contributed by atoms with van der Waals surface area (Å²) in [5.41, 5.74) is 3.69. The summed E-state index contributed by atoms with van der Waals surface area (Å²) >= 11 is 0. The van der Waals surface area contributed by atoms with Gasteiger partial charge in [0.1, 0.15) is 11.4 Å². The van der Waals surface area contributed by atoms with E-state index in [9.17, 15) is 9.59 Å². The predicted molar refractivity (Wildman–Crippen MR) is 125 cm³/mol. The van der Waals surface area contributed by atoms with Crippen LogP contribution in [-0.4, -0.2) is 40.7 Å². The van der Waals surface area contributed by atoms with Crippen molar-refractivity contribution in [2.75, 3.05) is 20.3 Å². The van der Waals surface area contributed by atoms with Gasteiger partial charge in [-0.05, 0) is 31.4 Å². The fraction of sp³-hybridized carbons (Fsp3) is 0.480. The lowest BCUT2D eigenvalue weighted by Crippen LogP contribution is -2.34. The van der Waals surface area contributed by atoms with Gasteiger partial charge in [-0.1, -0.05) is 37.8 Å². The highest BCUT2D eigenvalue weighted by Crippen LogP contribution is 2.29. The fourth-order valence-corrected chi connectivity index (χ4v) is 4.77. The third kappa shape index (κ3) is 4.93. The van der Waals surface area contributed by atoms with Crippen molar-refractivity contribution in [3.63, 3.8) is 0 Å². The van der Waals surface area contributed by atoms with Crippen LogP contribution in [0.15, 0.2) is 35.1 Å². The van der Waals surface area contributed by atoms with Crippen LogP contribution in [0.3, 0.4) is 0 Å². The maximum atomic E-state index is 13.2. The molecule has 7 nitrogen and oxygen atoms in total. The third-order valence-electron chi connectivity index (χ3n) is 6.42. The normalized spacial score (nSPS) is 14.3. The highest BCUT2D eigenvalue weighted by atomic mass is 16.5. The second-order valence-electron chi connectivity index (χ2n) is 8.68. The Morgan fingerprint density at radius 2 is 2.06 bits per heavy atom. The van der Waals surface area contributed by atoms with Crippen LogP contribution in [0.1, 0.15) is 53.3 Å². The number of fused-ring (bicyclic) bond motifs is 1. The molecule has 1 aromatic carbocycles. The van der Waals surface area contributed by atoms with Gasteiger partial charge in [0.2, 0.25) is 0 Å². The van der Waals surface area contributed by atoms with Gasteiger partial charge < -0.3 is 19.6 Å². The number of pyridine rings is 1. The number of amides is 1. The lowest BCUT2D eigenvalue weighted by atomic mass is 9.97. The molecule has 2 heterocycles. The van der Waals surface area contributed by atoms with Gasteiger partial charge in [0.15, 0.2) is 5.43 Å². The first kappa shape index (κ1) is 22.3. The van der Waals surface area contributed by atoms with E-state index in [1.165, 1.54) is 12.8 Å². The van der Waals surface area contributed by atoms with Gasteiger partial charge in [-0.25, -0.2) is 4.98 Å². The van der Waals surface area contributed by atoms with Crippen molar-refractivity contribution in [1.82, 2.24) is 19.9 Å². The molecule has 3 aromatic rings. The molecule has 2 N–H and O–H groups in total. The van der Waals surface area contributed by atoms with E-state index in [0.29, 0.717) is 32.0 Å². The molecule has 0 spiro atoms. The van der Waals surface area contributed by atoms with Crippen molar-refractivity contribution >= 4 is 16.9 Å². The summed E-state index contributed by atoms with van der Waals surface area (Å²) in [6, 6.07) is 9.42. The molecule has 1 aliphatic carbocycles. The molecule has 0 atom stereocenters. The number of hydrogen-bond acceptors (Lipinski definition) is 4. The average Bonchev–Trinajstić information content (AvgIpc) is 3.42. The number of aromatic nitrogens is 3. The minimum absolute atomic E-state index is 0.203. The number of aromatic amines is 1. The summed E-state index contributed by atoms with van der Waals surface area (Å²) in [4.78, 5) is 33.9. The van der Waals surface area contributed by atoms with Crippen LogP contribution in [-0.2, 0) is 24.1 Å². The van der Waals surface area contributed by atoms with Gasteiger partial charge in [-0.2, -0.15) is 0 Å². The lowest BCUT2D eigenvalue weighted by Gasteiger charge is -2.22. The zero-order valence-electron chi connectivity index (χ0n) is 18.9. The molecule has 4 rings (SSSR count). The van der Waals surface area contributed by atoms with Crippen LogP contribution < -0.4 is 10.7 Å². The minimum atomic E-state index is -0.301. The number of H-pyrrole nitrogens is 1. The summed E-state index contributed by atoms with van der Waals surface area (Å²) in [5.74, 6) is 1.04. The van der Waals surface area contributed by atoms with E-state index in [2.05, 4.69) is 19.9 Å². The molecule has 0 bridgehead atoms. The first-order valence-electron chi connectivity index (χ1n) is 11.5. The van der Waals surface area contributed by atoms with Gasteiger partial charge in [-0.15, -0.1) is 0 Å². The Hall–Kier alpha value is -2.93. The molecule has 1 saturated carbocycles. The van der Waals surface area contributed by atoms with E-state index in [1.54, 1.807) is 13.2 Å². The number of ether oxygens (including phenoxy) is 1. The predicted octanol–water partition coefficient (Wildman–Crippen LogP) is 3.38. The highest BCUT2D eigenvalue weighted by molar-refractivity contribution is 5.95. The van der Waals surface area contributed by atoms with Crippen molar-refractivity contribution < 1.29 is 9.53 Å². The second-order valence-corrected chi connectivity index (χ2v) is 8.68. The van der Waals surface area contributed by atoms with Crippen LogP contribution in [0, 0.1) is 12.8 Å². The largest absolute Gasteiger partial charge is 0.383 e. The molecule has 0 radical (unpaired) electrons. The number of carbonyl (C=O) groups excluding carboxylic acids is 1. The zero-order chi connectivity index (χ0) is 22.5. The van der Waals surface area contributed by atoms with E-state index >= 15 is 0 Å². The number of para-hydroxylation sites is 2. The van der Waals surface area contributed by atoms with Gasteiger partial charge in [-0.3, -0.25) is 9.59 Å². The maximum Gasteiger partial charge on any atom is 0.257 e. The molecule has 0 unspecified atom stereocenters. The van der Waals surface area contributed by atoms with E-state index in [0.717, 1.165) is 47.5 Å². The van der Waals surface area contributed by atoms with Crippen LogP contribution >= 0.6 is 0 Å². The molecule has 0 aliphatic heterocycles. The number of benzene rings is 1. The lowest BCUT2D eigenvalue weighted by molar-refractivity contribution is 0.0950. The third-order valence-corrected chi connectivity index (χ3v) is 6.42. The standard InChI is InChI=1S/C25H32N4O3/c1-17-15-22(30)24(21(29(17)13-14-32-2)16-18-7-3-4-8-18)25(31)26-12-11-23-27-19-9-5-6-10-20(19)28-23/h5-6,9-10,15,18H,3-4,7-8,11-14,16H2,1-2H3,(H,26,31)(H,27,28). The quantitative estimate of drug-likeness (QED) is 0.538. The van der Waals surface area contributed by atoms with E-state index in [-0.39, 0.29) is 16.9 Å². The van der Waals surface area contributed by atoms with Gasteiger partial charge >= 0.3 is 0 Å². The van der Waals surface area contributed by atoms with Crippen LogP contribution in [0.25, 0.3) is 11.0 Å². The molecular weight excluding hydrogens is 404 g/mol. The van der Waals surface area contributed by atoms with Crippen molar-refractivity contribution in [2.45, 2.75) is 52.0 Å². The Labute approximate surface area is 188 Å². The SMILES string of the molecule is COCCn1c(C)cc(=O)c(C(=O)NCCc2nc3ccccc3[nH]2)c1CC1CCCC1. The van der Waals surface area contributed by atoms with Gasteiger partial charge in [0, 0.05) is 44.1 Å². The summed E-state index contributed by atoms with van der Waals surface area (Å²) in [6.07, 6.45) is 6.07. The Balaban J connectivity index is 1.54. The number of aryl methyl sites for hydroxylation is 1. The van der Waals surface area contributed by atoms with Crippen LogP contribution in [0.5, 0.6) is 0 Å².